The van der Waals surface area contributed by atoms with Gasteiger partial charge in [-0.25, -0.2) is 0 Å². The fraction of sp³-hybridized carbons (Fsp3) is 0.400. The Hall–Kier alpha value is -2.76. The fourth-order valence-corrected chi connectivity index (χ4v) is 4.18. The highest BCUT2D eigenvalue weighted by molar-refractivity contribution is 5.56. The van der Waals surface area contributed by atoms with E-state index in [1.807, 2.05) is 18.2 Å². The van der Waals surface area contributed by atoms with E-state index >= 15 is 0 Å². The molecule has 0 aromatic heterocycles. The summed E-state index contributed by atoms with van der Waals surface area (Å²) in [5.74, 6) is 4.04. The Balaban J connectivity index is 1.59. The summed E-state index contributed by atoms with van der Waals surface area (Å²) in [6, 6.07) is 7.34. The Kier molecular flexibility index (Phi) is 3.35. The molecular formula is C20H20O6. The summed E-state index contributed by atoms with van der Waals surface area (Å²) in [6.45, 7) is 4.72. The van der Waals surface area contributed by atoms with Crippen molar-refractivity contribution in [3.8, 4) is 34.5 Å². The Morgan fingerprint density at radius 2 is 1.42 bits per heavy atom. The predicted molar refractivity (Wildman–Crippen MR) is 92.4 cm³/mol. The molecule has 0 unspecified atom stereocenters. The van der Waals surface area contributed by atoms with Crippen molar-refractivity contribution in [3.63, 3.8) is 0 Å². The van der Waals surface area contributed by atoms with Crippen LogP contribution in [0.4, 0.5) is 0 Å². The van der Waals surface area contributed by atoms with Crippen LogP contribution in [0.25, 0.3) is 0 Å². The Morgan fingerprint density at radius 1 is 0.846 bits per heavy atom. The topological polar surface area (TPSA) is 66.4 Å². The molecule has 2 aromatic rings. The van der Waals surface area contributed by atoms with Gasteiger partial charge in [0.05, 0.1) is 0 Å². The van der Waals surface area contributed by atoms with E-state index in [1.54, 1.807) is 6.07 Å². The van der Waals surface area contributed by atoms with Crippen molar-refractivity contribution in [1.82, 2.24) is 0 Å². The monoisotopic (exact) mass is 356 g/mol. The first-order chi connectivity index (χ1) is 12.7. The SMILES string of the molecule is CC[C@H]1c2cc3c(cc2O[C@H](c2cc4c(cc2O)OCO4)[C@@H]1C)OCO3. The van der Waals surface area contributed by atoms with E-state index in [2.05, 4.69) is 13.8 Å². The quantitative estimate of drug-likeness (QED) is 0.873. The van der Waals surface area contributed by atoms with Crippen molar-refractivity contribution in [2.45, 2.75) is 32.3 Å². The minimum absolute atomic E-state index is 0.158. The Bertz CT molecular complexity index is 877. The molecule has 3 aliphatic heterocycles. The van der Waals surface area contributed by atoms with Crippen LogP contribution >= 0.6 is 0 Å². The van der Waals surface area contributed by atoms with Crippen LogP contribution < -0.4 is 23.7 Å². The molecule has 0 amide bonds. The zero-order valence-electron chi connectivity index (χ0n) is 14.7. The molecule has 136 valence electrons. The summed E-state index contributed by atoms with van der Waals surface area (Å²) >= 11 is 0. The highest BCUT2D eigenvalue weighted by Crippen LogP contribution is 2.53. The number of hydrogen-bond acceptors (Lipinski definition) is 6. The third-order valence-corrected chi connectivity index (χ3v) is 5.54. The lowest BCUT2D eigenvalue weighted by atomic mass is 9.77. The van der Waals surface area contributed by atoms with E-state index < -0.39 is 0 Å². The minimum atomic E-state index is -0.290. The van der Waals surface area contributed by atoms with Crippen LogP contribution in [-0.4, -0.2) is 18.7 Å². The number of phenolic OH excluding ortho intramolecular Hbond substituents is 1. The third kappa shape index (κ3) is 2.18. The maximum atomic E-state index is 10.5. The summed E-state index contributed by atoms with van der Waals surface area (Å²) in [7, 11) is 0. The average Bonchev–Trinajstić information content (AvgIpc) is 3.27. The molecule has 5 rings (SSSR count). The van der Waals surface area contributed by atoms with Gasteiger partial charge in [0.2, 0.25) is 13.6 Å². The number of benzene rings is 2. The first-order valence-corrected chi connectivity index (χ1v) is 8.88. The van der Waals surface area contributed by atoms with Gasteiger partial charge in [0, 0.05) is 29.2 Å². The molecule has 6 nitrogen and oxygen atoms in total. The molecule has 0 spiro atoms. The van der Waals surface area contributed by atoms with E-state index in [-0.39, 0.29) is 37.3 Å². The average molecular weight is 356 g/mol. The van der Waals surface area contributed by atoms with Crippen LogP contribution in [0.2, 0.25) is 0 Å². The van der Waals surface area contributed by atoms with Gasteiger partial charge in [-0.2, -0.15) is 0 Å². The predicted octanol–water partition coefficient (Wildman–Crippen LogP) is 4.11. The lowest BCUT2D eigenvalue weighted by molar-refractivity contribution is 0.0976. The van der Waals surface area contributed by atoms with Gasteiger partial charge >= 0.3 is 0 Å². The largest absolute Gasteiger partial charge is 0.507 e. The number of aromatic hydroxyl groups is 1. The van der Waals surface area contributed by atoms with Gasteiger partial charge in [0.1, 0.15) is 17.6 Å². The van der Waals surface area contributed by atoms with Gasteiger partial charge in [0.15, 0.2) is 23.0 Å². The summed E-state index contributed by atoms with van der Waals surface area (Å²) in [5, 5.41) is 10.5. The number of fused-ring (bicyclic) bond motifs is 3. The molecule has 2 aromatic carbocycles. The zero-order valence-corrected chi connectivity index (χ0v) is 14.7. The zero-order chi connectivity index (χ0) is 17.8. The van der Waals surface area contributed by atoms with Gasteiger partial charge < -0.3 is 28.8 Å². The second-order valence-electron chi connectivity index (χ2n) is 6.92. The van der Waals surface area contributed by atoms with Crippen LogP contribution in [0.1, 0.15) is 43.4 Å². The van der Waals surface area contributed by atoms with Crippen LogP contribution in [0.3, 0.4) is 0 Å². The lowest BCUT2D eigenvalue weighted by Crippen LogP contribution is -2.27. The summed E-state index contributed by atoms with van der Waals surface area (Å²) < 4.78 is 28.2. The second kappa shape index (κ2) is 5.62. The summed E-state index contributed by atoms with van der Waals surface area (Å²) in [5.41, 5.74) is 1.84. The molecule has 0 aliphatic carbocycles. The standard InChI is InChI=1S/C20H20O6/c1-3-11-10(2)20(13-5-17-18(6-14(13)21)24-8-23-17)26-15-7-19-16(4-12(11)15)22-9-25-19/h4-7,10-11,20-21H,3,8-9H2,1-2H3/t10-,11-,20+/m1/s1. The third-order valence-electron chi connectivity index (χ3n) is 5.54. The van der Waals surface area contributed by atoms with E-state index in [4.69, 9.17) is 23.7 Å². The van der Waals surface area contributed by atoms with Crippen LogP contribution in [-0.2, 0) is 0 Å². The Morgan fingerprint density at radius 3 is 2.08 bits per heavy atom. The molecule has 3 heterocycles. The molecule has 3 aliphatic rings. The van der Waals surface area contributed by atoms with Crippen molar-refractivity contribution in [3.05, 3.63) is 35.4 Å². The second-order valence-corrected chi connectivity index (χ2v) is 6.92. The smallest absolute Gasteiger partial charge is 0.231 e. The van der Waals surface area contributed by atoms with Gasteiger partial charge in [-0.15, -0.1) is 0 Å². The Labute approximate surface area is 151 Å². The van der Waals surface area contributed by atoms with Crippen molar-refractivity contribution in [2.24, 2.45) is 5.92 Å². The lowest BCUT2D eigenvalue weighted by Gasteiger charge is -2.38. The molecule has 3 atom stereocenters. The van der Waals surface area contributed by atoms with Crippen molar-refractivity contribution in [2.75, 3.05) is 13.6 Å². The van der Waals surface area contributed by atoms with Crippen molar-refractivity contribution >= 4 is 0 Å². The fourth-order valence-electron chi connectivity index (χ4n) is 4.18. The maximum Gasteiger partial charge on any atom is 0.231 e. The molecule has 0 saturated heterocycles. The number of phenols is 1. The molecule has 26 heavy (non-hydrogen) atoms. The highest BCUT2D eigenvalue weighted by Gasteiger charge is 2.39. The number of hydrogen-bond donors (Lipinski definition) is 1. The highest BCUT2D eigenvalue weighted by atomic mass is 16.7. The molecular weight excluding hydrogens is 336 g/mol. The first-order valence-electron chi connectivity index (χ1n) is 8.88. The molecule has 1 N–H and O–H groups in total. The van der Waals surface area contributed by atoms with Crippen molar-refractivity contribution in [1.29, 1.82) is 0 Å². The van der Waals surface area contributed by atoms with E-state index in [0.717, 1.165) is 23.5 Å². The van der Waals surface area contributed by atoms with E-state index in [1.165, 1.54) is 0 Å². The van der Waals surface area contributed by atoms with E-state index in [0.29, 0.717) is 22.8 Å². The number of rotatable bonds is 2. The summed E-state index contributed by atoms with van der Waals surface area (Å²) in [6.07, 6.45) is 0.668. The van der Waals surface area contributed by atoms with E-state index in [9.17, 15) is 5.11 Å². The van der Waals surface area contributed by atoms with Gasteiger partial charge in [-0.05, 0) is 24.5 Å². The molecule has 0 fully saturated rings. The number of ether oxygens (including phenoxy) is 5. The van der Waals surface area contributed by atoms with Gasteiger partial charge in [-0.1, -0.05) is 13.8 Å². The van der Waals surface area contributed by atoms with Gasteiger partial charge in [-0.3, -0.25) is 0 Å². The normalized spacial score (nSPS) is 24.9. The van der Waals surface area contributed by atoms with Crippen LogP contribution in [0, 0.1) is 5.92 Å². The minimum Gasteiger partial charge on any atom is -0.507 e. The molecule has 0 bridgehead atoms. The first kappa shape index (κ1) is 15.5. The molecule has 6 heteroatoms. The maximum absolute atomic E-state index is 10.5. The summed E-state index contributed by atoms with van der Waals surface area (Å²) in [4.78, 5) is 0. The van der Waals surface area contributed by atoms with Gasteiger partial charge in [0.25, 0.3) is 0 Å². The van der Waals surface area contributed by atoms with Crippen LogP contribution in [0.5, 0.6) is 34.5 Å². The molecule has 0 saturated carbocycles. The van der Waals surface area contributed by atoms with Crippen LogP contribution in [0.15, 0.2) is 24.3 Å². The molecule has 0 radical (unpaired) electrons. The van der Waals surface area contributed by atoms with Crippen molar-refractivity contribution < 1.29 is 28.8 Å².